The Bertz CT molecular complexity index is 260. The lowest BCUT2D eigenvalue weighted by Gasteiger charge is -2.16. The predicted octanol–water partition coefficient (Wildman–Crippen LogP) is 3.71. The number of nitrogens with zero attached hydrogens (tertiary/aromatic N) is 4. The van der Waals surface area contributed by atoms with Crippen molar-refractivity contribution in [3.63, 3.8) is 0 Å². The molecule has 0 heterocycles. The van der Waals surface area contributed by atoms with Gasteiger partial charge in [-0.1, -0.05) is 39.5 Å². The second-order valence-corrected chi connectivity index (χ2v) is 5.30. The Balaban J connectivity index is 3.51. The van der Waals surface area contributed by atoms with Gasteiger partial charge in [-0.25, -0.2) is 0 Å². The van der Waals surface area contributed by atoms with Gasteiger partial charge in [-0.05, 0) is 25.7 Å². The summed E-state index contributed by atoms with van der Waals surface area (Å²) in [6.07, 6.45) is 13.5. The second-order valence-electron chi connectivity index (χ2n) is 5.30. The van der Waals surface area contributed by atoms with Crippen LogP contribution in [0.5, 0.6) is 0 Å². The summed E-state index contributed by atoms with van der Waals surface area (Å²) in [7, 11) is 0. The fourth-order valence-electron chi connectivity index (χ4n) is 2.08. The van der Waals surface area contributed by atoms with E-state index >= 15 is 0 Å². The molecule has 0 spiro atoms. The molecule has 0 aromatic heterocycles. The highest BCUT2D eigenvalue weighted by Crippen LogP contribution is 2.04. The van der Waals surface area contributed by atoms with E-state index in [1.807, 2.05) is 9.80 Å². The molecule has 0 rings (SSSR count). The van der Waals surface area contributed by atoms with Crippen molar-refractivity contribution in [2.24, 2.45) is 0 Å². The van der Waals surface area contributed by atoms with Crippen molar-refractivity contribution >= 4 is 0 Å². The first-order valence-corrected chi connectivity index (χ1v) is 8.07. The van der Waals surface area contributed by atoms with Crippen molar-refractivity contribution in [3.8, 4) is 12.4 Å². The topological polar surface area (TPSA) is 54.1 Å². The van der Waals surface area contributed by atoms with E-state index in [0.29, 0.717) is 0 Å². The maximum atomic E-state index is 8.98. The summed E-state index contributed by atoms with van der Waals surface area (Å²) >= 11 is 0. The van der Waals surface area contributed by atoms with Gasteiger partial charge in [0.25, 0.3) is 0 Å². The molecule has 0 aliphatic carbocycles. The summed E-state index contributed by atoms with van der Waals surface area (Å²) in [6.45, 7) is 7.85. The van der Waals surface area contributed by atoms with E-state index < -0.39 is 0 Å². The Kier molecular flexibility index (Phi) is 13.0. The first-order chi connectivity index (χ1) is 9.78. The molecule has 0 fully saturated rings. The summed E-state index contributed by atoms with van der Waals surface area (Å²) in [5.74, 6) is 0. The zero-order valence-electron chi connectivity index (χ0n) is 13.3. The van der Waals surface area contributed by atoms with Gasteiger partial charge in [-0.2, -0.15) is 10.5 Å². The van der Waals surface area contributed by atoms with E-state index in [1.165, 1.54) is 0 Å². The van der Waals surface area contributed by atoms with E-state index in [0.717, 1.165) is 77.5 Å². The summed E-state index contributed by atoms with van der Waals surface area (Å²) in [4.78, 5) is 3.73. The zero-order chi connectivity index (χ0) is 15.1. The molecule has 0 aromatic carbocycles. The number of nitriles is 2. The summed E-state index contributed by atoms with van der Waals surface area (Å²) in [5, 5.41) is 18.0. The zero-order valence-corrected chi connectivity index (χ0v) is 13.3. The monoisotopic (exact) mass is 278 g/mol. The van der Waals surface area contributed by atoms with Gasteiger partial charge in [0, 0.05) is 26.2 Å². The Morgan fingerprint density at radius 1 is 0.600 bits per heavy atom. The fourth-order valence-corrected chi connectivity index (χ4v) is 2.08. The minimum atomic E-state index is 0.883. The molecular formula is C16H30N4. The van der Waals surface area contributed by atoms with E-state index in [9.17, 15) is 0 Å². The molecule has 0 aliphatic rings. The molecule has 4 nitrogen and oxygen atoms in total. The Hall–Kier alpha value is -1.42. The van der Waals surface area contributed by atoms with Crippen LogP contribution in [0.4, 0.5) is 0 Å². The average molecular weight is 278 g/mol. The van der Waals surface area contributed by atoms with E-state index in [-0.39, 0.29) is 0 Å². The van der Waals surface area contributed by atoms with Gasteiger partial charge in [-0.15, -0.1) is 0 Å². The maximum Gasteiger partial charge on any atom is 0.179 e. The molecule has 0 unspecified atom stereocenters. The van der Waals surface area contributed by atoms with Crippen molar-refractivity contribution in [2.75, 3.05) is 26.2 Å². The van der Waals surface area contributed by atoms with Crippen LogP contribution in [0.1, 0.15) is 65.2 Å². The summed E-state index contributed by atoms with van der Waals surface area (Å²) in [6, 6.07) is 0. The minimum Gasteiger partial charge on any atom is -0.311 e. The number of hydrogen-bond acceptors (Lipinski definition) is 4. The third kappa shape index (κ3) is 10.5. The third-order valence-electron chi connectivity index (χ3n) is 3.45. The van der Waals surface area contributed by atoms with Gasteiger partial charge >= 0.3 is 0 Å². The molecule has 0 saturated carbocycles. The highest BCUT2D eigenvalue weighted by atomic mass is 15.1. The third-order valence-corrected chi connectivity index (χ3v) is 3.45. The summed E-state index contributed by atoms with van der Waals surface area (Å²) in [5.41, 5.74) is 0. The van der Waals surface area contributed by atoms with Gasteiger partial charge in [0.1, 0.15) is 0 Å². The van der Waals surface area contributed by atoms with Gasteiger partial charge in [-0.3, -0.25) is 0 Å². The molecule has 0 atom stereocenters. The molecule has 0 aromatic rings. The van der Waals surface area contributed by atoms with Crippen molar-refractivity contribution in [1.82, 2.24) is 9.80 Å². The molecule has 0 aliphatic heterocycles. The lowest BCUT2D eigenvalue weighted by Crippen LogP contribution is -2.21. The van der Waals surface area contributed by atoms with Crippen molar-refractivity contribution in [2.45, 2.75) is 65.2 Å². The number of rotatable bonds is 13. The molecule has 0 radical (unpaired) electrons. The van der Waals surface area contributed by atoms with Crippen LogP contribution in [0.25, 0.3) is 0 Å². The van der Waals surface area contributed by atoms with E-state index in [2.05, 4.69) is 26.2 Å². The fraction of sp³-hybridized carbons (Fsp3) is 0.875. The van der Waals surface area contributed by atoms with Crippen LogP contribution in [-0.4, -0.2) is 36.0 Å². The molecule has 0 amide bonds. The van der Waals surface area contributed by atoms with Gasteiger partial charge < -0.3 is 9.80 Å². The standard InChI is InChI=1S/C16H30N4/c1-3-5-11-19(15-17)13-9-7-8-10-14-20(16-18)12-6-4-2/h3-14H2,1-2H3. The highest BCUT2D eigenvalue weighted by molar-refractivity contribution is 4.74. The largest absolute Gasteiger partial charge is 0.311 e. The SMILES string of the molecule is CCCCN(C#N)CCCCCCN(C#N)CCCC. The highest BCUT2D eigenvalue weighted by Gasteiger charge is 2.02. The molecular weight excluding hydrogens is 248 g/mol. The number of hydrogen-bond donors (Lipinski definition) is 0. The van der Waals surface area contributed by atoms with Gasteiger partial charge in [0.2, 0.25) is 0 Å². The molecule has 0 bridgehead atoms. The normalized spacial score (nSPS) is 9.80. The molecule has 0 N–H and O–H groups in total. The lowest BCUT2D eigenvalue weighted by atomic mass is 10.1. The van der Waals surface area contributed by atoms with Crippen LogP contribution in [0.15, 0.2) is 0 Å². The first-order valence-electron chi connectivity index (χ1n) is 8.07. The Morgan fingerprint density at radius 3 is 1.25 bits per heavy atom. The van der Waals surface area contributed by atoms with E-state index in [4.69, 9.17) is 10.5 Å². The Labute approximate surface area is 125 Å². The van der Waals surface area contributed by atoms with Crippen LogP contribution >= 0.6 is 0 Å². The van der Waals surface area contributed by atoms with Gasteiger partial charge in [0.15, 0.2) is 12.4 Å². The predicted molar refractivity (Wildman–Crippen MR) is 82.7 cm³/mol. The van der Waals surface area contributed by atoms with Crippen LogP contribution < -0.4 is 0 Å². The van der Waals surface area contributed by atoms with E-state index in [1.54, 1.807) is 0 Å². The van der Waals surface area contributed by atoms with Crippen molar-refractivity contribution in [3.05, 3.63) is 0 Å². The average Bonchev–Trinajstić information content (AvgIpc) is 2.48. The molecule has 20 heavy (non-hydrogen) atoms. The number of unbranched alkanes of at least 4 members (excludes halogenated alkanes) is 5. The Morgan fingerprint density at radius 2 is 0.950 bits per heavy atom. The molecule has 114 valence electrons. The smallest absolute Gasteiger partial charge is 0.179 e. The first kappa shape index (κ1) is 18.6. The van der Waals surface area contributed by atoms with Crippen molar-refractivity contribution < 1.29 is 0 Å². The lowest BCUT2D eigenvalue weighted by molar-refractivity contribution is 0.352. The molecule has 4 heteroatoms. The van der Waals surface area contributed by atoms with Crippen molar-refractivity contribution in [1.29, 1.82) is 10.5 Å². The maximum absolute atomic E-state index is 8.98. The van der Waals surface area contributed by atoms with Crippen LogP contribution in [0, 0.1) is 22.9 Å². The van der Waals surface area contributed by atoms with Gasteiger partial charge in [0.05, 0.1) is 0 Å². The quantitative estimate of drug-likeness (QED) is 0.293. The summed E-state index contributed by atoms with van der Waals surface area (Å²) < 4.78 is 0. The van der Waals surface area contributed by atoms with Crippen LogP contribution in [-0.2, 0) is 0 Å². The second kappa shape index (κ2) is 14.0. The van der Waals surface area contributed by atoms with Crippen LogP contribution in [0.3, 0.4) is 0 Å². The van der Waals surface area contributed by atoms with Crippen LogP contribution in [0.2, 0.25) is 0 Å². The minimum absolute atomic E-state index is 0.883. The molecule has 0 saturated heterocycles.